The quantitative estimate of drug-likeness (QED) is 0.696. The lowest BCUT2D eigenvalue weighted by Gasteiger charge is -2.14. The molecule has 0 aliphatic carbocycles. The summed E-state index contributed by atoms with van der Waals surface area (Å²) in [6.07, 6.45) is 4.16. The Labute approximate surface area is 90.9 Å². The first-order chi connectivity index (χ1) is 7.30. The van der Waals surface area contributed by atoms with Crippen molar-refractivity contribution in [2.75, 3.05) is 20.3 Å². The maximum atomic E-state index is 9.04. The van der Waals surface area contributed by atoms with Gasteiger partial charge < -0.3 is 19.7 Å². The SMILES string of the molecule is CCn1ccc(CNC(CO)COC)c1. The van der Waals surface area contributed by atoms with Crippen molar-refractivity contribution in [3.63, 3.8) is 0 Å². The minimum atomic E-state index is 0.0139. The molecule has 2 N–H and O–H groups in total. The van der Waals surface area contributed by atoms with Crippen LogP contribution in [0.3, 0.4) is 0 Å². The first-order valence-corrected chi connectivity index (χ1v) is 5.28. The summed E-state index contributed by atoms with van der Waals surface area (Å²) >= 11 is 0. The molecule has 0 bridgehead atoms. The van der Waals surface area contributed by atoms with Crippen LogP contribution in [-0.4, -0.2) is 36.0 Å². The summed E-state index contributed by atoms with van der Waals surface area (Å²) in [6.45, 7) is 4.50. The fraction of sp³-hybridized carbons (Fsp3) is 0.636. The molecule has 86 valence electrons. The topological polar surface area (TPSA) is 46.4 Å². The van der Waals surface area contributed by atoms with Crippen LogP contribution >= 0.6 is 0 Å². The Morgan fingerprint density at radius 3 is 2.93 bits per heavy atom. The van der Waals surface area contributed by atoms with Crippen molar-refractivity contribution in [2.24, 2.45) is 0 Å². The van der Waals surface area contributed by atoms with E-state index in [0.29, 0.717) is 6.61 Å². The van der Waals surface area contributed by atoms with E-state index in [4.69, 9.17) is 9.84 Å². The van der Waals surface area contributed by atoms with E-state index >= 15 is 0 Å². The van der Waals surface area contributed by atoms with Gasteiger partial charge in [0.2, 0.25) is 0 Å². The molecule has 0 fully saturated rings. The van der Waals surface area contributed by atoms with Crippen molar-refractivity contribution in [3.05, 3.63) is 24.0 Å². The molecule has 1 heterocycles. The normalized spacial score (nSPS) is 13.0. The highest BCUT2D eigenvalue weighted by molar-refractivity contribution is 5.09. The summed E-state index contributed by atoms with van der Waals surface area (Å²) < 4.78 is 7.11. The van der Waals surface area contributed by atoms with Crippen LogP contribution in [0, 0.1) is 0 Å². The van der Waals surface area contributed by atoms with Crippen LogP contribution in [0.15, 0.2) is 18.5 Å². The molecule has 0 radical (unpaired) electrons. The highest BCUT2D eigenvalue weighted by Crippen LogP contribution is 2.01. The standard InChI is InChI=1S/C11H20N2O2/c1-3-13-5-4-10(7-13)6-12-11(8-14)9-15-2/h4-5,7,11-12,14H,3,6,8-9H2,1-2H3. The Kier molecular flexibility index (Phi) is 5.39. The molecule has 4 nitrogen and oxygen atoms in total. The van der Waals surface area contributed by atoms with E-state index in [0.717, 1.165) is 13.1 Å². The number of hydrogen-bond acceptors (Lipinski definition) is 3. The van der Waals surface area contributed by atoms with Crippen molar-refractivity contribution >= 4 is 0 Å². The molecule has 1 atom stereocenters. The smallest absolute Gasteiger partial charge is 0.0638 e. The van der Waals surface area contributed by atoms with E-state index in [1.165, 1.54) is 5.56 Å². The number of nitrogens with one attached hydrogen (secondary N) is 1. The predicted octanol–water partition coefficient (Wildman–Crippen LogP) is 0.605. The molecule has 0 amide bonds. The average Bonchev–Trinajstić information content (AvgIpc) is 2.72. The number of aryl methyl sites for hydroxylation is 1. The highest BCUT2D eigenvalue weighted by atomic mass is 16.5. The van der Waals surface area contributed by atoms with Crippen molar-refractivity contribution in [2.45, 2.75) is 26.1 Å². The van der Waals surface area contributed by atoms with Gasteiger partial charge in [0.1, 0.15) is 0 Å². The number of rotatable bonds is 7. The van der Waals surface area contributed by atoms with Gasteiger partial charge in [-0.3, -0.25) is 0 Å². The predicted molar refractivity (Wildman–Crippen MR) is 59.7 cm³/mol. The molecular formula is C11H20N2O2. The van der Waals surface area contributed by atoms with Crippen LogP contribution in [0.25, 0.3) is 0 Å². The zero-order chi connectivity index (χ0) is 11.1. The maximum Gasteiger partial charge on any atom is 0.0638 e. The molecule has 0 spiro atoms. The molecule has 0 saturated carbocycles. The largest absolute Gasteiger partial charge is 0.395 e. The summed E-state index contributed by atoms with van der Waals surface area (Å²) in [5.74, 6) is 0. The molecular weight excluding hydrogens is 192 g/mol. The summed E-state index contributed by atoms with van der Waals surface area (Å²) in [7, 11) is 1.64. The number of aromatic nitrogens is 1. The van der Waals surface area contributed by atoms with Gasteiger partial charge in [-0.2, -0.15) is 0 Å². The molecule has 1 aromatic heterocycles. The van der Waals surface area contributed by atoms with E-state index < -0.39 is 0 Å². The van der Waals surface area contributed by atoms with Gasteiger partial charge in [-0.25, -0.2) is 0 Å². The van der Waals surface area contributed by atoms with Crippen LogP contribution in [0.1, 0.15) is 12.5 Å². The lowest BCUT2D eigenvalue weighted by Crippen LogP contribution is -2.35. The number of hydrogen-bond donors (Lipinski definition) is 2. The molecule has 0 aliphatic heterocycles. The van der Waals surface area contributed by atoms with E-state index in [-0.39, 0.29) is 12.6 Å². The second-order valence-corrected chi connectivity index (χ2v) is 3.57. The molecule has 0 aliphatic rings. The zero-order valence-electron chi connectivity index (χ0n) is 9.44. The third kappa shape index (κ3) is 4.03. The Hall–Kier alpha value is -0.840. The molecule has 0 aromatic carbocycles. The minimum absolute atomic E-state index is 0.0139. The van der Waals surface area contributed by atoms with Gasteiger partial charge in [0, 0.05) is 32.6 Å². The molecule has 1 aromatic rings. The number of ether oxygens (including phenoxy) is 1. The van der Waals surface area contributed by atoms with Crippen molar-refractivity contribution in [3.8, 4) is 0 Å². The second kappa shape index (κ2) is 6.61. The number of methoxy groups -OCH3 is 1. The lowest BCUT2D eigenvalue weighted by atomic mass is 10.3. The summed E-state index contributed by atoms with van der Waals surface area (Å²) in [4.78, 5) is 0. The highest BCUT2D eigenvalue weighted by Gasteiger charge is 2.05. The molecule has 1 rings (SSSR count). The number of aliphatic hydroxyl groups excluding tert-OH is 1. The van der Waals surface area contributed by atoms with Gasteiger partial charge in [-0.05, 0) is 18.6 Å². The Bertz CT molecular complexity index is 273. The van der Waals surface area contributed by atoms with Gasteiger partial charge >= 0.3 is 0 Å². The second-order valence-electron chi connectivity index (χ2n) is 3.57. The third-order valence-corrected chi connectivity index (χ3v) is 2.36. The van der Waals surface area contributed by atoms with Gasteiger partial charge in [-0.1, -0.05) is 0 Å². The number of aliphatic hydroxyl groups is 1. The fourth-order valence-corrected chi connectivity index (χ4v) is 1.43. The Balaban J connectivity index is 2.34. The molecule has 15 heavy (non-hydrogen) atoms. The van der Waals surface area contributed by atoms with Gasteiger partial charge in [-0.15, -0.1) is 0 Å². The van der Waals surface area contributed by atoms with Gasteiger partial charge in [0.05, 0.1) is 19.3 Å². The first-order valence-electron chi connectivity index (χ1n) is 5.28. The Morgan fingerprint density at radius 1 is 1.60 bits per heavy atom. The van der Waals surface area contributed by atoms with Crippen LogP contribution < -0.4 is 5.32 Å². The van der Waals surface area contributed by atoms with Crippen molar-refractivity contribution < 1.29 is 9.84 Å². The summed E-state index contributed by atoms with van der Waals surface area (Å²) in [6, 6.07) is 2.09. The third-order valence-electron chi connectivity index (χ3n) is 2.36. The van der Waals surface area contributed by atoms with E-state index in [1.54, 1.807) is 7.11 Å². The van der Waals surface area contributed by atoms with Crippen molar-refractivity contribution in [1.29, 1.82) is 0 Å². The lowest BCUT2D eigenvalue weighted by molar-refractivity contribution is 0.128. The molecule has 0 saturated heterocycles. The maximum absolute atomic E-state index is 9.04. The van der Waals surface area contributed by atoms with E-state index in [2.05, 4.69) is 35.3 Å². The van der Waals surface area contributed by atoms with Crippen LogP contribution in [0.2, 0.25) is 0 Å². The summed E-state index contributed by atoms with van der Waals surface area (Å²) in [5.41, 5.74) is 1.23. The van der Waals surface area contributed by atoms with Gasteiger partial charge in [0.25, 0.3) is 0 Å². The van der Waals surface area contributed by atoms with Crippen molar-refractivity contribution in [1.82, 2.24) is 9.88 Å². The van der Waals surface area contributed by atoms with Crippen LogP contribution in [0.5, 0.6) is 0 Å². The fourth-order valence-electron chi connectivity index (χ4n) is 1.43. The van der Waals surface area contributed by atoms with Crippen LogP contribution in [0.4, 0.5) is 0 Å². The number of nitrogens with zero attached hydrogens (tertiary/aromatic N) is 1. The van der Waals surface area contributed by atoms with E-state index in [1.807, 2.05) is 0 Å². The van der Waals surface area contributed by atoms with E-state index in [9.17, 15) is 0 Å². The van der Waals surface area contributed by atoms with Crippen LogP contribution in [-0.2, 0) is 17.8 Å². The minimum Gasteiger partial charge on any atom is -0.395 e. The zero-order valence-corrected chi connectivity index (χ0v) is 9.44. The average molecular weight is 212 g/mol. The van der Waals surface area contributed by atoms with Gasteiger partial charge in [0.15, 0.2) is 0 Å². The first kappa shape index (κ1) is 12.2. The monoisotopic (exact) mass is 212 g/mol. The summed E-state index contributed by atoms with van der Waals surface area (Å²) in [5, 5.41) is 12.3. The molecule has 4 heteroatoms. The molecule has 1 unspecified atom stereocenters. The Morgan fingerprint density at radius 2 is 2.40 bits per heavy atom.